The van der Waals surface area contributed by atoms with Gasteiger partial charge in [0.05, 0.1) is 23.9 Å². The van der Waals surface area contributed by atoms with Crippen LogP contribution in [-0.2, 0) is 41.2 Å². The van der Waals surface area contributed by atoms with Gasteiger partial charge >= 0.3 is 18.1 Å². The smallest absolute Gasteiger partial charge is 0.416 e. The first kappa shape index (κ1) is 38.0. The molecule has 15 heteroatoms. The van der Waals surface area contributed by atoms with Gasteiger partial charge in [0.25, 0.3) is 0 Å². The molecule has 0 spiro atoms. The maximum absolute atomic E-state index is 13.0. The Morgan fingerprint density at radius 3 is 2.44 bits per heavy atom. The van der Waals surface area contributed by atoms with E-state index in [1.807, 2.05) is 6.92 Å². The number of aromatic nitrogens is 1. The number of nitrogens with one attached hydrogen (secondary N) is 2. The Labute approximate surface area is 290 Å². The van der Waals surface area contributed by atoms with E-state index in [1.165, 1.54) is 29.7 Å². The van der Waals surface area contributed by atoms with Crippen LogP contribution in [0.3, 0.4) is 0 Å². The highest BCUT2D eigenvalue weighted by Gasteiger charge is 2.38. The molecule has 0 saturated carbocycles. The molecule has 0 bridgehead atoms. The molecule has 2 unspecified atom stereocenters. The molecule has 2 heterocycles. The van der Waals surface area contributed by atoms with Gasteiger partial charge in [0.2, 0.25) is 12.8 Å². The number of halogens is 3. The number of nitrogens with zero attached hydrogens (tertiary/aromatic N) is 1. The summed E-state index contributed by atoms with van der Waals surface area (Å²) in [4.78, 5) is 63.1. The van der Waals surface area contributed by atoms with Crippen molar-refractivity contribution >= 4 is 53.2 Å². The molecule has 268 valence electrons. The van der Waals surface area contributed by atoms with Gasteiger partial charge in [-0.15, -0.1) is 11.8 Å². The highest BCUT2D eigenvalue weighted by atomic mass is 32.2. The topological polar surface area (TPSA) is 144 Å². The van der Waals surface area contributed by atoms with Crippen molar-refractivity contribution in [2.75, 3.05) is 19.0 Å². The van der Waals surface area contributed by atoms with Gasteiger partial charge in [0, 0.05) is 46.7 Å². The van der Waals surface area contributed by atoms with Crippen molar-refractivity contribution in [3.63, 3.8) is 0 Å². The number of aromatic amines is 1. The van der Waals surface area contributed by atoms with E-state index in [0.29, 0.717) is 69.8 Å². The average molecular weight is 718 g/mol. The molecule has 1 aliphatic heterocycles. The zero-order valence-corrected chi connectivity index (χ0v) is 29.2. The number of thioether (sulfide) groups is 1. The second-order valence-corrected chi connectivity index (χ2v) is 13.6. The molecule has 0 radical (unpaired) electrons. The van der Waals surface area contributed by atoms with Gasteiger partial charge in [-0.3, -0.25) is 24.1 Å². The SMILES string of the molecule is CC(=O)OCC1=C(C(=O)OC(C)(C)C)N(C=O)C(C(C)NC=O)SC1.CCOc1ccc2c(c1)C(=O)Cc1c-2[nH]c2ccc(C(F)(F)F)cc12. The predicted molar refractivity (Wildman–Crippen MR) is 180 cm³/mol. The first-order valence-corrected chi connectivity index (χ1v) is 16.7. The van der Waals surface area contributed by atoms with Crippen LogP contribution in [0.25, 0.3) is 22.2 Å². The molecule has 11 nitrogen and oxygen atoms in total. The highest BCUT2D eigenvalue weighted by molar-refractivity contribution is 8.00. The molecular formula is C35H38F3N3O8S. The molecule has 2 atom stereocenters. The molecule has 2 amide bonds. The Hall–Kier alpha value is -4.79. The van der Waals surface area contributed by atoms with E-state index in [4.69, 9.17) is 14.2 Å². The summed E-state index contributed by atoms with van der Waals surface area (Å²) in [6.07, 6.45) is -3.28. The Balaban J connectivity index is 0.000000225. The second-order valence-electron chi connectivity index (χ2n) is 12.5. The molecule has 1 aliphatic carbocycles. The van der Waals surface area contributed by atoms with E-state index in [0.717, 1.165) is 12.1 Å². The third kappa shape index (κ3) is 8.67. The summed E-state index contributed by atoms with van der Waals surface area (Å²) in [5.41, 5.74) is 2.19. The van der Waals surface area contributed by atoms with Crippen molar-refractivity contribution < 1.29 is 51.4 Å². The number of rotatable bonds is 9. The zero-order valence-electron chi connectivity index (χ0n) is 28.4. The molecule has 2 aromatic carbocycles. The van der Waals surface area contributed by atoms with E-state index >= 15 is 0 Å². The Morgan fingerprint density at radius 2 is 1.84 bits per heavy atom. The Bertz CT molecular complexity index is 1830. The maximum Gasteiger partial charge on any atom is 0.416 e. The van der Waals surface area contributed by atoms with Crippen LogP contribution in [0.1, 0.15) is 63.0 Å². The lowest BCUT2D eigenvalue weighted by Gasteiger charge is -2.38. The Morgan fingerprint density at radius 1 is 1.12 bits per heavy atom. The number of hydrogen-bond donors (Lipinski definition) is 2. The molecule has 5 rings (SSSR count). The summed E-state index contributed by atoms with van der Waals surface area (Å²) in [6, 6.07) is 8.41. The van der Waals surface area contributed by atoms with E-state index in [1.54, 1.807) is 45.9 Å². The number of ketones is 1. The van der Waals surface area contributed by atoms with Crippen LogP contribution in [0, 0.1) is 0 Å². The minimum atomic E-state index is -4.42. The fourth-order valence-electron chi connectivity index (χ4n) is 5.53. The van der Waals surface area contributed by atoms with Gasteiger partial charge in [0.1, 0.15) is 29.0 Å². The van der Waals surface area contributed by atoms with Crippen LogP contribution in [0.5, 0.6) is 5.75 Å². The van der Waals surface area contributed by atoms with Gasteiger partial charge in [-0.1, -0.05) is 0 Å². The van der Waals surface area contributed by atoms with Crippen molar-refractivity contribution in [1.82, 2.24) is 15.2 Å². The summed E-state index contributed by atoms with van der Waals surface area (Å²) in [5, 5.41) is 2.55. The standard InChI is InChI=1S/C19H14F3NO2.C16H24N2O6S/c1-2-25-11-4-5-12-14(8-11)17(24)9-15-13-7-10(19(20,21)22)3-6-16(13)23-18(12)15;1-10(17-8-19)14-18(9-20)13(15(22)24-16(3,4)5)12(7-25-14)6-23-11(2)21/h3-8,23H,2,9H2,1H3;8-10,14H,6-7H2,1-5H3,(H,17,19). The molecule has 1 aromatic heterocycles. The minimum Gasteiger partial charge on any atom is -0.494 e. The third-order valence-electron chi connectivity index (χ3n) is 7.65. The number of carbonyl (C=O) groups is 5. The fourth-order valence-corrected chi connectivity index (χ4v) is 6.80. The van der Waals surface area contributed by atoms with Crippen molar-refractivity contribution in [3.8, 4) is 17.0 Å². The van der Waals surface area contributed by atoms with Gasteiger partial charge in [0.15, 0.2) is 5.78 Å². The number of amides is 2. The average Bonchev–Trinajstić information content (AvgIpc) is 3.40. The number of carbonyl (C=O) groups excluding carboxylic acids is 5. The first-order chi connectivity index (χ1) is 23.5. The van der Waals surface area contributed by atoms with E-state index in [2.05, 4.69) is 10.3 Å². The van der Waals surface area contributed by atoms with Crippen molar-refractivity contribution in [1.29, 1.82) is 0 Å². The third-order valence-corrected chi connectivity index (χ3v) is 9.14. The van der Waals surface area contributed by atoms with Crippen LogP contribution in [0.15, 0.2) is 47.7 Å². The molecule has 3 aromatic rings. The van der Waals surface area contributed by atoms with Crippen molar-refractivity contribution in [2.24, 2.45) is 0 Å². The molecule has 50 heavy (non-hydrogen) atoms. The maximum atomic E-state index is 13.0. The lowest BCUT2D eigenvalue weighted by molar-refractivity contribution is -0.153. The number of hydrogen-bond acceptors (Lipinski definition) is 9. The predicted octanol–water partition coefficient (Wildman–Crippen LogP) is 5.80. The van der Waals surface area contributed by atoms with Crippen LogP contribution in [0.2, 0.25) is 0 Å². The monoisotopic (exact) mass is 717 g/mol. The fraction of sp³-hybridized carbons (Fsp3) is 0.400. The van der Waals surface area contributed by atoms with E-state index < -0.39 is 34.7 Å². The number of alkyl halides is 3. The van der Waals surface area contributed by atoms with Crippen LogP contribution >= 0.6 is 11.8 Å². The number of H-pyrrole nitrogens is 1. The van der Waals surface area contributed by atoms with E-state index in [-0.39, 0.29) is 30.5 Å². The Kier molecular flexibility index (Phi) is 11.7. The van der Waals surface area contributed by atoms with Crippen LogP contribution in [0.4, 0.5) is 13.2 Å². The van der Waals surface area contributed by atoms with Crippen LogP contribution < -0.4 is 10.1 Å². The number of ether oxygens (including phenoxy) is 3. The molecule has 0 saturated heterocycles. The normalized spacial score (nSPS) is 16.4. The summed E-state index contributed by atoms with van der Waals surface area (Å²) < 4.78 is 54.8. The quantitative estimate of drug-likeness (QED) is 0.207. The number of Topliss-reactive ketones (excluding diaryl/α,β-unsaturated/α-hetero) is 1. The van der Waals surface area contributed by atoms with Gasteiger partial charge in [-0.2, -0.15) is 13.2 Å². The largest absolute Gasteiger partial charge is 0.494 e. The summed E-state index contributed by atoms with van der Waals surface area (Å²) in [6.45, 7) is 10.4. The van der Waals surface area contributed by atoms with Crippen molar-refractivity contribution in [3.05, 3.63) is 64.4 Å². The number of esters is 2. The summed E-state index contributed by atoms with van der Waals surface area (Å²) in [7, 11) is 0. The molecule has 2 aliphatic rings. The highest BCUT2D eigenvalue weighted by Crippen LogP contribution is 2.41. The lowest BCUT2D eigenvalue weighted by Crippen LogP contribution is -2.50. The minimum absolute atomic E-state index is 0.0504. The van der Waals surface area contributed by atoms with E-state index in [9.17, 15) is 37.1 Å². The second kappa shape index (κ2) is 15.4. The zero-order chi connectivity index (χ0) is 37.0. The number of fused-ring (bicyclic) bond motifs is 5. The van der Waals surface area contributed by atoms with Gasteiger partial charge in [-0.25, -0.2) is 4.79 Å². The lowest BCUT2D eigenvalue weighted by atomic mass is 9.87. The van der Waals surface area contributed by atoms with Gasteiger partial charge < -0.3 is 24.5 Å². The van der Waals surface area contributed by atoms with Crippen LogP contribution in [-0.4, -0.2) is 76.4 Å². The molecular weight excluding hydrogens is 679 g/mol. The molecule has 0 fully saturated rings. The summed E-state index contributed by atoms with van der Waals surface area (Å²) in [5.74, 6) is -0.320. The van der Waals surface area contributed by atoms with Crippen molar-refractivity contribution in [2.45, 2.75) is 71.2 Å². The van der Waals surface area contributed by atoms with Gasteiger partial charge in [-0.05, 0) is 76.6 Å². The summed E-state index contributed by atoms with van der Waals surface area (Å²) >= 11 is 1.36. The number of benzene rings is 2. The molecule has 2 N–H and O–H groups in total. The first-order valence-electron chi connectivity index (χ1n) is 15.6.